The molecule has 0 radical (unpaired) electrons. The second kappa shape index (κ2) is 7.81. The predicted octanol–water partition coefficient (Wildman–Crippen LogP) is 3.03. The van der Waals surface area contributed by atoms with Crippen molar-refractivity contribution in [3.8, 4) is 5.75 Å². The molecule has 0 saturated heterocycles. The Kier molecular flexibility index (Phi) is 5.79. The summed E-state index contributed by atoms with van der Waals surface area (Å²) < 4.78 is 0. The number of aromatic hydroxyl groups is 1. The van der Waals surface area contributed by atoms with E-state index in [-0.39, 0.29) is 11.5 Å². The smallest absolute Gasteiger partial charge is 0.310 e. The fourth-order valence-corrected chi connectivity index (χ4v) is 3.30. The van der Waals surface area contributed by atoms with Crippen molar-refractivity contribution in [1.82, 2.24) is 5.32 Å². The number of carbonyl (C=O) groups excluding carboxylic acids is 1. The van der Waals surface area contributed by atoms with Crippen LogP contribution in [0.1, 0.15) is 15.9 Å². The van der Waals surface area contributed by atoms with Crippen LogP contribution >= 0.6 is 23.1 Å². The third kappa shape index (κ3) is 4.47. The van der Waals surface area contributed by atoms with Crippen LogP contribution < -0.4 is 5.32 Å². The first-order chi connectivity index (χ1) is 10.6. The third-order valence-corrected chi connectivity index (χ3v) is 4.58. The molecule has 0 atom stereocenters. The Balaban J connectivity index is 1.77. The van der Waals surface area contributed by atoms with Crippen LogP contribution in [0.4, 0.5) is 5.69 Å². The molecule has 6 nitrogen and oxygen atoms in total. The summed E-state index contributed by atoms with van der Waals surface area (Å²) in [6.45, 7) is 0.491. The Hall–Kier alpha value is -2.06. The zero-order valence-electron chi connectivity index (χ0n) is 11.5. The molecule has 0 aliphatic carbocycles. The monoisotopic (exact) mass is 338 g/mol. The summed E-state index contributed by atoms with van der Waals surface area (Å²) in [6.07, 6.45) is 0. The maximum absolute atomic E-state index is 11.9. The van der Waals surface area contributed by atoms with Gasteiger partial charge in [-0.2, -0.15) is 23.1 Å². The van der Waals surface area contributed by atoms with Gasteiger partial charge in [-0.25, -0.2) is 0 Å². The molecule has 0 unspecified atom stereocenters. The number of phenols is 1. The topological polar surface area (TPSA) is 92.5 Å². The van der Waals surface area contributed by atoms with Crippen LogP contribution in [0.2, 0.25) is 0 Å². The van der Waals surface area contributed by atoms with Crippen LogP contribution in [-0.4, -0.2) is 28.2 Å². The highest BCUT2D eigenvalue weighted by Crippen LogP contribution is 2.26. The third-order valence-electron chi connectivity index (χ3n) is 2.82. The van der Waals surface area contributed by atoms with E-state index >= 15 is 0 Å². The molecule has 0 saturated carbocycles. The maximum atomic E-state index is 11.9. The highest BCUT2D eigenvalue weighted by atomic mass is 32.2. The van der Waals surface area contributed by atoms with E-state index in [1.165, 1.54) is 11.6 Å². The average Bonchev–Trinajstić information content (AvgIpc) is 2.99. The zero-order valence-corrected chi connectivity index (χ0v) is 13.2. The summed E-state index contributed by atoms with van der Waals surface area (Å²) in [4.78, 5) is 21.8. The molecule has 1 aromatic heterocycles. The van der Waals surface area contributed by atoms with E-state index < -0.39 is 16.4 Å². The van der Waals surface area contributed by atoms with Gasteiger partial charge in [0, 0.05) is 29.7 Å². The van der Waals surface area contributed by atoms with Gasteiger partial charge in [0.25, 0.3) is 5.91 Å². The number of nitro benzene ring substituents is 1. The van der Waals surface area contributed by atoms with Gasteiger partial charge < -0.3 is 10.4 Å². The van der Waals surface area contributed by atoms with E-state index in [4.69, 9.17) is 0 Å². The van der Waals surface area contributed by atoms with Crippen molar-refractivity contribution in [2.75, 3.05) is 12.3 Å². The SMILES string of the molecule is O=C(NCCSCc1ccsc1)c1ccc([N+](=O)[O-])c(O)c1. The van der Waals surface area contributed by atoms with E-state index in [2.05, 4.69) is 16.8 Å². The largest absolute Gasteiger partial charge is 0.502 e. The second-order valence-corrected chi connectivity index (χ2v) is 6.29. The number of hydrogen-bond acceptors (Lipinski definition) is 6. The van der Waals surface area contributed by atoms with Gasteiger partial charge in [0.05, 0.1) is 4.92 Å². The van der Waals surface area contributed by atoms with Gasteiger partial charge >= 0.3 is 5.69 Å². The van der Waals surface area contributed by atoms with Crippen molar-refractivity contribution in [3.63, 3.8) is 0 Å². The number of rotatable bonds is 7. The van der Waals surface area contributed by atoms with Crippen LogP contribution in [-0.2, 0) is 5.75 Å². The van der Waals surface area contributed by atoms with E-state index in [1.54, 1.807) is 23.1 Å². The molecule has 2 aromatic rings. The average molecular weight is 338 g/mol. The number of phenolic OH excluding ortho intramolecular Hbond substituents is 1. The molecule has 22 heavy (non-hydrogen) atoms. The van der Waals surface area contributed by atoms with Crippen molar-refractivity contribution >= 4 is 34.7 Å². The van der Waals surface area contributed by atoms with E-state index in [0.29, 0.717) is 6.54 Å². The molecule has 0 spiro atoms. The highest BCUT2D eigenvalue weighted by molar-refractivity contribution is 7.98. The van der Waals surface area contributed by atoms with Gasteiger partial charge in [0.1, 0.15) is 0 Å². The first-order valence-electron chi connectivity index (χ1n) is 6.42. The lowest BCUT2D eigenvalue weighted by molar-refractivity contribution is -0.385. The van der Waals surface area contributed by atoms with Gasteiger partial charge in [0.15, 0.2) is 5.75 Å². The molecule has 0 aliphatic heterocycles. The fourth-order valence-electron chi connectivity index (χ4n) is 1.72. The standard InChI is InChI=1S/C14H14N2O4S2/c17-13-7-11(1-2-12(13)16(19)20)14(18)15-4-6-22-9-10-3-5-21-8-10/h1-3,5,7-8,17H,4,6,9H2,(H,15,18). The maximum Gasteiger partial charge on any atom is 0.310 e. The first-order valence-corrected chi connectivity index (χ1v) is 8.52. The molecule has 1 heterocycles. The Morgan fingerprint density at radius 3 is 2.86 bits per heavy atom. The van der Waals surface area contributed by atoms with Gasteiger partial charge in [0.2, 0.25) is 0 Å². The molecule has 116 valence electrons. The number of nitrogens with zero attached hydrogens (tertiary/aromatic N) is 1. The minimum absolute atomic E-state index is 0.200. The second-order valence-electron chi connectivity index (χ2n) is 4.40. The number of amides is 1. The van der Waals surface area contributed by atoms with E-state index in [1.807, 2.05) is 5.38 Å². The van der Waals surface area contributed by atoms with Crippen molar-refractivity contribution in [1.29, 1.82) is 0 Å². The van der Waals surface area contributed by atoms with Crippen LogP contribution in [0.15, 0.2) is 35.0 Å². The van der Waals surface area contributed by atoms with Crippen molar-refractivity contribution in [2.45, 2.75) is 5.75 Å². The number of nitro groups is 1. The minimum atomic E-state index is -0.696. The summed E-state index contributed by atoms with van der Waals surface area (Å²) >= 11 is 3.37. The summed E-state index contributed by atoms with van der Waals surface area (Å²) in [5, 5.41) is 26.9. The van der Waals surface area contributed by atoms with Crippen molar-refractivity contribution in [3.05, 3.63) is 56.3 Å². The number of thiophene rings is 1. The van der Waals surface area contributed by atoms with Crippen LogP contribution in [0.3, 0.4) is 0 Å². The number of carbonyl (C=O) groups is 1. The first kappa shape index (κ1) is 16.3. The molecule has 0 fully saturated rings. The highest BCUT2D eigenvalue weighted by Gasteiger charge is 2.15. The molecular weight excluding hydrogens is 324 g/mol. The van der Waals surface area contributed by atoms with Crippen molar-refractivity contribution < 1.29 is 14.8 Å². The van der Waals surface area contributed by atoms with Gasteiger partial charge in [-0.1, -0.05) is 0 Å². The lowest BCUT2D eigenvalue weighted by Crippen LogP contribution is -2.25. The van der Waals surface area contributed by atoms with Gasteiger partial charge in [-0.15, -0.1) is 0 Å². The lowest BCUT2D eigenvalue weighted by Gasteiger charge is -2.05. The molecule has 0 bridgehead atoms. The molecule has 2 N–H and O–H groups in total. The molecular formula is C14H14N2O4S2. The summed E-state index contributed by atoms with van der Waals surface area (Å²) in [5.74, 6) is 0.795. The van der Waals surface area contributed by atoms with Crippen molar-refractivity contribution in [2.24, 2.45) is 0 Å². The molecule has 1 amide bonds. The Labute approximate surface area is 135 Å². The van der Waals surface area contributed by atoms with Gasteiger partial charge in [-0.3, -0.25) is 14.9 Å². The Morgan fingerprint density at radius 2 is 2.23 bits per heavy atom. The van der Waals surface area contributed by atoms with E-state index in [9.17, 15) is 20.0 Å². The Morgan fingerprint density at radius 1 is 1.41 bits per heavy atom. The zero-order chi connectivity index (χ0) is 15.9. The number of nitrogens with one attached hydrogen (secondary N) is 1. The van der Waals surface area contributed by atoms with Crippen LogP contribution in [0.25, 0.3) is 0 Å². The number of thioether (sulfide) groups is 1. The number of hydrogen-bond donors (Lipinski definition) is 2. The van der Waals surface area contributed by atoms with Crippen LogP contribution in [0, 0.1) is 10.1 Å². The van der Waals surface area contributed by atoms with Crippen LogP contribution in [0.5, 0.6) is 5.75 Å². The normalized spacial score (nSPS) is 10.4. The summed E-state index contributed by atoms with van der Waals surface area (Å²) in [5.41, 5.74) is 1.05. The lowest BCUT2D eigenvalue weighted by atomic mass is 10.2. The quantitative estimate of drug-likeness (QED) is 0.460. The summed E-state index contributed by atoms with van der Waals surface area (Å²) in [7, 11) is 0. The minimum Gasteiger partial charge on any atom is -0.502 e. The number of benzene rings is 1. The molecule has 1 aromatic carbocycles. The molecule has 0 aliphatic rings. The summed E-state index contributed by atoms with van der Waals surface area (Å²) in [6, 6.07) is 5.61. The van der Waals surface area contributed by atoms with E-state index in [0.717, 1.165) is 23.6 Å². The van der Waals surface area contributed by atoms with Gasteiger partial charge in [-0.05, 0) is 34.5 Å². The molecule has 2 rings (SSSR count). The molecule has 8 heteroatoms. The fraction of sp³-hybridized carbons (Fsp3) is 0.214. The Bertz CT molecular complexity index is 659. The predicted molar refractivity (Wildman–Crippen MR) is 87.6 cm³/mol.